The van der Waals surface area contributed by atoms with E-state index in [9.17, 15) is 9.59 Å². The first-order valence-corrected chi connectivity index (χ1v) is 9.26. The zero-order valence-electron chi connectivity index (χ0n) is 15.0. The van der Waals surface area contributed by atoms with Crippen LogP contribution >= 0.6 is 11.6 Å². The van der Waals surface area contributed by atoms with Gasteiger partial charge < -0.3 is 10.1 Å². The van der Waals surface area contributed by atoms with Gasteiger partial charge in [-0.25, -0.2) is 9.97 Å². The Morgan fingerprint density at radius 3 is 2.70 bits per heavy atom. The molecule has 3 saturated carbocycles. The number of rotatable bonds is 7. The van der Waals surface area contributed by atoms with Crippen LogP contribution < -0.4 is 10.1 Å². The Hall–Kier alpha value is -2.47. The summed E-state index contributed by atoms with van der Waals surface area (Å²) in [5.74, 6) is 0.549. The van der Waals surface area contributed by atoms with Crippen LogP contribution in [0.2, 0.25) is 5.02 Å². The molecule has 3 aliphatic rings. The Morgan fingerprint density at radius 2 is 2.04 bits per heavy atom. The molecule has 5 rings (SSSR count). The zero-order valence-corrected chi connectivity index (χ0v) is 15.8. The van der Waals surface area contributed by atoms with Gasteiger partial charge in [0.25, 0.3) is 5.91 Å². The average molecular weight is 386 g/mol. The van der Waals surface area contributed by atoms with Crippen LogP contribution in [0.4, 0.5) is 0 Å². The van der Waals surface area contributed by atoms with E-state index in [1.807, 2.05) is 13.0 Å². The fraction of sp³-hybridized carbons (Fsp3) is 0.400. The molecule has 2 bridgehead atoms. The van der Waals surface area contributed by atoms with Crippen LogP contribution in [0.15, 0.2) is 36.8 Å². The molecule has 0 atom stereocenters. The highest BCUT2D eigenvalue weighted by atomic mass is 35.5. The summed E-state index contributed by atoms with van der Waals surface area (Å²) in [5, 5.41) is 3.74. The average Bonchev–Trinajstić information content (AvgIpc) is 2.60. The number of carbonyl (C=O) groups is 2. The molecule has 3 aliphatic carbocycles. The fourth-order valence-electron chi connectivity index (χ4n) is 4.39. The molecule has 1 amide bonds. The Bertz CT molecular complexity index is 881. The monoisotopic (exact) mass is 385 g/mol. The molecule has 1 aromatic heterocycles. The van der Waals surface area contributed by atoms with E-state index in [4.69, 9.17) is 16.3 Å². The molecule has 140 valence electrons. The van der Waals surface area contributed by atoms with Gasteiger partial charge in [-0.1, -0.05) is 11.6 Å². The largest absolute Gasteiger partial charge is 0.486 e. The quantitative estimate of drug-likeness (QED) is 0.791. The van der Waals surface area contributed by atoms with Crippen molar-refractivity contribution >= 4 is 23.3 Å². The van der Waals surface area contributed by atoms with Crippen LogP contribution in [0, 0.1) is 12.3 Å². The number of Topliss-reactive ketones (excluding diaryl/α,β-unsaturated/α-hetero) is 1. The van der Waals surface area contributed by atoms with Gasteiger partial charge in [0.15, 0.2) is 5.78 Å². The molecule has 6 nitrogen and oxygen atoms in total. The first-order chi connectivity index (χ1) is 12.9. The van der Waals surface area contributed by atoms with Gasteiger partial charge in [0.05, 0.1) is 0 Å². The second-order valence-corrected chi connectivity index (χ2v) is 8.18. The molecule has 1 aromatic carbocycles. The summed E-state index contributed by atoms with van der Waals surface area (Å²) in [5.41, 5.74) is 1.14. The highest BCUT2D eigenvalue weighted by Gasteiger charge is 2.68. The first-order valence-electron chi connectivity index (χ1n) is 8.88. The molecular formula is C20H20ClN3O3. The smallest absolute Gasteiger partial charge is 0.270 e. The normalized spacial score (nSPS) is 25.1. The highest BCUT2D eigenvalue weighted by Crippen LogP contribution is 2.69. The van der Waals surface area contributed by atoms with E-state index in [0.29, 0.717) is 22.9 Å². The summed E-state index contributed by atoms with van der Waals surface area (Å²) in [4.78, 5) is 32.3. The predicted octanol–water partition coefficient (Wildman–Crippen LogP) is 3.13. The minimum Gasteiger partial charge on any atom is -0.486 e. The number of hydrogen-bond acceptors (Lipinski definition) is 5. The number of halogens is 1. The zero-order chi connectivity index (χ0) is 19.1. The van der Waals surface area contributed by atoms with Crippen molar-refractivity contribution < 1.29 is 14.3 Å². The number of ether oxygens (including phenoxy) is 1. The molecule has 2 aromatic rings. The molecule has 3 fully saturated rings. The Labute approximate surface area is 162 Å². The van der Waals surface area contributed by atoms with Gasteiger partial charge in [0.1, 0.15) is 24.4 Å². The lowest BCUT2D eigenvalue weighted by Gasteiger charge is -2.70. The topological polar surface area (TPSA) is 81.2 Å². The van der Waals surface area contributed by atoms with Gasteiger partial charge in [0.2, 0.25) is 0 Å². The fourth-order valence-corrected chi connectivity index (χ4v) is 4.51. The molecule has 0 unspecified atom stereocenters. The summed E-state index contributed by atoms with van der Waals surface area (Å²) >= 11 is 5.99. The summed E-state index contributed by atoms with van der Waals surface area (Å²) in [7, 11) is 0. The van der Waals surface area contributed by atoms with Gasteiger partial charge in [-0.15, -0.1) is 0 Å². The molecule has 7 heteroatoms. The molecule has 0 radical (unpaired) electrons. The second kappa shape index (κ2) is 6.60. The molecule has 0 aliphatic heterocycles. The lowest BCUT2D eigenvalue weighted by Crippen LogP contribution is -2.75. The van der Waals surface area contributed by atoms with E-state index in [0.717, 1.165) is 24.8 Å². The number of carbonyl (C=O) groups excluding carboxylic acids is 2. The number of aromatic nitrogens is 2. The third-order valence-electron chi connectivity index (χ3n) is 5.43. The number of amides is 1. The van der Waals surface area contributed by atoms with E-state index < -0.39 is 0 Å². The van der Waals surface area contributed by atoms with E-state index in [1.54, 1.807) is 24.4 Å². The Balaban J connectivity index is 1.24. The third kappa shape index (κ3) is 3.54. The SMILES string of the molecule is Cc1cc(OCC(=O)CC23CC(NC(=O)c4ccncn4)(C2)C3)ccc1Cl. The second-order valence-electron chi connectivity index (χ2n) is 7.77. The predicted molar refractivity (Wildman–Crippen MR) is 99.8 cm³/mol. The number of hydrogen-bond donors (Lipinski definition) is 1. The van der Waals surface area contributed by atoms with Crippen LogP contribution in [-0.4, -0.2) is 33.8 Å². The molecule has 27 heavy (non-hydrogen) atoms. The number of aryl methyl sites for hydroxylation is 1. The Kier molecular flexibility index (Phi) is 4.38. The number of nitrogens with one attached hydrogen (secondary N) is 1. The van der Waals surface area contributed by atoms with Crippen molar-refractivity contribution in [2.24, 2.45) is 5.41 Å². The molecule has 0 saturated heterocycles. The Morgan fingerprint density at radius 1 is 1.26 bits per heavy atom. The molecule has 1 N–H and O–H groups in total. The minimum absolute atomic E-state index is 0.0231. The maximum absolute atomic E-state index is 12.3. The van der Waals surface area contributed by atoms with E-state index in [2.05, 4.69) is 15.3 Å². The number of benzene rings is 1. The van der Waals surface area contributed by atoms with Crippen molar-refractivity contribution in [1.82, 2.24) is 15.3 Å². The molecule has 0 spiro atoms. The lowest BCUT2D eigenvalue weighted by molar-refractivity contribution is -0.162. The summed E-state index contributed by atoms with van der Waals surface area (Å²) in [6.45, 7) is 1.96. The van der Waals surface area contributed by atoms with Crippen molar-refractivity contribution in [2.45, 2.75) is 38.1 Å². The van der Waals surface area contributed by atoms with Crippen molar-refractivity contribution in [3.63, 3.8) is 0 Å². The number of nitrogens with zero attached hydrogens (tertiary/aromatic N) is 2. The van der Waals surface area contributed by atoms with Gasteiger partial charge in [0, 0.05) is 23.2 Å². The van der Waals surface area contributed by atoms with Crippen LogP contribution in [0.25, 0.3) is 0 Å². The van der Waals surface area contributed by atoms with Crippen LogP contribution in [-0.2, 0) is 4.79 Å². The minimum atomic E-state index is -0.182. The van der Waals surface area contributed by atoms with Gasteiger partial charge in [-0.3, -0.25) is 9.59 Å². The molecular weight excluding hydrogens is 366 g/mol. The molecule has 1 heterocycles. The van der Waals surface area contributed by atoms with E-state index >= 15 is 0 Å². The lowest BCUT2D eigenvalue weighted by atomic mass is 9.38. The van der Waals surface area contributed by atoms with E-state index in [1.165, 1.54) is 6.33 Å². The van der Waals surface area contributed by atoms with Gasteiger partial charge in [-0.2, -0.15) is 0 Å². The summed E-state index contributed by atoms with van der Waals surface area (Å²) in [6, 6.07) is 6.95. The summed E-state index contributed by atoms with van der Waals surface area (Å²) in [6.07, 6.45) is 5.91. The summed E-state index contributed by atoms with van der Waals surface area (Å²) < 4.78 is 5.59. The van der Waals surface area contributed by atoms with Crippen LogP contribution in [0.5, 0.6) is 5.75 Å². The van der Waals surface area contributed by atoms with Crippen molar-refractivity contribution in [1.29, 1.82) is 0 Å². The van der Waals surface area contributed by atoms with Crippen LogP contribution in [0.1, 0.15) is 41.7 Å². The first kappa shape index (κ1) is 17.9. The maximum atomic E-state index is 12.3. The number of ketones is 1. The van der Waals surface area contributed by atoms with E-state index in [-0.39, 0.29) is 29.3 Å². The van der Waals surface area contributed by atoms with Gasteiger partial charge in [-0.05, 0) is 61.4 Å². The third-order valence-corrected chi connectivity index (χ3v) is 5.86. The van der Waals surface area contributed by atoms with Crippen molar-refractivity contribution in [2.75, 3.05) is 6.61 Å². The van der Waals surface area contributed by atoms with Crippen molar-refractivity contribution in [3.05, 3.63) is 53.1 Å². The standard InChI is InChI=1S/C20H20ClN3O3/c1-13-6-15(2-3-16(13)21)27-8-14(25)7-19-9-20(10-19,11-19)24-18(26)17-4-5-22-12-23-17/h2-6,12H,7-11H2,1H3,(H,24,26). The van der Waals surface area contributed by atoms with Crippen molar-refractivity contribution in [3.8, 4) is 5.75 Å². The van der Waals surface area contributed by atoms with Crippen LogP contribution in [0.3, 0.4) is 0 Å². The highest BCUT2D eigenvalue weighted by molar-refractivity contribution is 6.31. The van der Waals surface area contributed by atoms with Gasteiger partial charge >= 0.3 is 0 Å². The maximum Gasteiger partial charge on any atom is 0.270 e.